The highest BCUT2D eigenvalue weighted by Crippen LogP contribution is 2.12. The van der Waals surface area contributed by atoms with Gasteiger partial charge in [-0.1, -0.05) is 37.3 Å². The minimum atomic E-state index is -0.169. The van der Waals surface area contributed by atoms with Gasteiger partial charge in [0.2, 0.25) is 5.91 Å². The predicted molar refractivity (Wildman–Crippen MR) is 116 cm³/mol. The van der Waals surface area contributed by atoms with Crippen molar-refractivity contribution in [3.8, 4) is 0 Å². The van der Waals surface area contributed by atoms with Crippen LogP contribution in [0.15, 0.2) is 48.9 Å². The average molecular weight is 410 g/mol. The van der Waals surface area contributed by atoms with Gasteiger partial charge in [0.05, 0.1) is 6.20 Å². The van der Waals surface area contributed by atoms with E-state index >= 15 is 0 Å². The zero-order valence-electron chi connectivity index (χ0n) is 17.9. The molecule has 0 saturated carbocycles. The van der Waals surface area contributed by atoms with Crippen LogP contribution in [-0.4, -0.2) is 75.2 Å². The summed E-state index contributed by atoms with van der Waals surface area (Å²) in [6.45, 7) is 8.55. The first kappa shape index (κ1) is 21.9. The normalized spacial score (nSPS) is 15.6. The number of amides is 2. The van der Waals surface area contributed by atoms with Gasteiger partial charge >= 0.3 is 0 Å². The Hall–Kier alpha value is -2.80. The topological polar surface area (TPSA) is 69.6 Å². The van der Waals surface area contributed by atoms with Crippen LogP contribution in [0.5, 0.6) is 0 Å². The number of aromatic nitrogens is 2. The molecule has 1 aromatic carbocycles. The molecule has 1 unspecified atom stereocenters. The summed E-state index contributed by atoms with van der Waals surface area (Å²) in [7, 11) is 0. The summed E-state index contributed by atoms with van der Waals surface area (Å²) in [6.07, 6.45) is 5.69. The molecule has 160 valence electrons. The number of nitrogens with zero attached hydrogens (tertiary/aromatic N) is 5. The fourth-order valence-corrected chi connectivity index (χ4v) is 3.67. The molecule has 0 N–H and O–H groups in total. The fraction of sp³-hybridized carbons (Fsp3) is 0.478. The summed E-state index contributed by atoms with van der Waals surface area (Å²) in [5.41, 5.74) is 1.61. The van der Waals surface area contributed by atoms with Gasteiger partial charge < -0.3 is 9.80 Å². The van der Waals surface area contributed by atoms with Crippen LogP contribution in [0.1, 0.15) is 42.7 Å². The predicted octanol–water partition coefficient (Wildman–Crippen LogP) is 2.45. The molecule has 30 heavy (non-hydrogen) atoms. The monoisotopic (exact) mass is 409 g/mol. The van der Waals surface area contributed by atoms with Gasteiger partial charge in [0.1, 0.15) is 5.69 Å². The molecule has 7 heteroatoms. The Morgan fingerprint density at radius 3 is 2.47 bits per heavy atom. The van der Waals surface area contributed by atoms with Gasteiger partial charge in [-0.2, -0.15) is 0 Å². The van der Waals surface area contributed by atoms with E-state index in [9.17, 15) is 9.59 Å². The first-order chi connectivity index (χ1) is 14.6. The van der Waals surface area contributed by atoms with Crippen LogP contribution >= 0.6 is 0 Å². The van der Waals surface area contributed by atoms with Gasteiger partial charge in [-0.25, -0.2) is 4.98 Å². The smallest absolute Gasteiger partial charge is 0.274 e. The van der Waals surface area contributed by atoms with Crippen LogP contribution in [-0.2, 0) is 11.3 Å². The van der Waals surface area contributed by atoms with Gasteiger partial charge in [-0.3, -0.25) is 19.5 Å². The molecule has 3 rings (SSSR count). The summed E-state index contributed by atoms with van der Waals surface area (Å²) in [5.74, 6) is -0.0625. The van der Waals surface area contributed by atoms with Crippen LogP contribution in [0.2, 0.25) is 0 Å². The maximum Gasteiger partial charge on any atom is 0.274 e. The molecule has 2 heterocycles. The quantitative estimate of drug-likeness (QED) is 0.670. The third kappa shape index (κ3) is 5.86. The molecule has 1 saturated heterocycles. The van der Waals surface area contributed by atoms with Crippen molar-refractivity contribution >= 4 is 11.8 Å². The third-order valence-electron chi connectivity index (χ3n) is 5.71. The van der Waals surface area contributed by atoms with Gasteiger partial charge in [0, 0.05) is 64.1 Å². The maximum absolute atomic E-state index is 12.8. The number of hydrogen-bond acceptors (Lipinski definition) is 5. The van der Waals surface area contributed by atoms with E-state index in [-0.39, 0.29) is 17.9 Å². The van der Waals surface area contributed by atoms with Crippen LogP contribution in [0.25, 0.3) is 0 Å². The molecular formula is C23H31N5O2. The maximum atomic E-state index is 12.8. The SMILES string of the molecule is CCC(C)N(CCC(=O)N1CCN(Cc2ccccc2)CC1)C(=O)c1cnccn1. The highest BCUT2D eigenvalue weighted by molar-refractivity contribution is 5.92. The van der Waals surface area contributed by atoms with Gasteiger partial charge in [0.25, 0.3) is 5.91 Å². The van der Waals surface area contributed by atoms with Crippen molar-refractivity contribution in [2.24, 2.45) is 0 Å². The Kier molecular flexibility index (Phi) is 7.90. The minimum absolute atomic E-state index is 0.0371. The second-order valence-electron chi connectivity index (χ2n) is 7.74. The summed E-state index contributed by atoms with van der Waals surface area (Å²) in [4.78, 5) is 39.8. The first-order valence-electron chi connectivity index (χ1n) is 10.7. The molecule has 2 amide bonds. The molecule has 1 aliphatic rings. The number of piperazine rings is 1. The van der Waals surface area contributed by atoms with Crippen molar-refractivity contribution in [2.45, 2.75) is 39.3 Å². The fourth-order valence-electron chi connectivity index (χ4n) is 3.67. The van der Waals surface area contributed by atoms with Crippen molar-refractivity contribution in [3.05, 3.63) is 60.2 Å². The molecule has 1 fully saturated rings. The number of rotatable bonds is 8. The van der Waals surface area contributed by atoms with E-state index in [1.54, 1.807) is 11.1 Å². The lowest BCUT2D eigenvalue weighted by atomic mass is 10.1. The van der Waals surface area contributed by atoms with Gasteiger partial charge in [-0.15, -0.1) is 0 Å². The zero-order chi connectivity index (χ0) is 21.3. The molecule has 0 radical (unpaired) electrons. The molecule has 0 bridgehead atoms. The van der Waals surface area contributed by atoms with E-state index in [0.717, 1.165) is 39.1 Å². The Bertz CT molecular complexity index is 807. The second kappa shape index (κ2) is 10.8. The Morgan fingerprint density at radius 1 is 1.10 bits per heavy atom. The molecule has 0 aliphatic carbocycles. The molecule has 1 atom stereocenters. The summed E-state index contributed by atoms with van der Waals surface area (Å²) >= 11 is 0. The molecule has 2 aromatic rings. The van der Waals surface area contributed by atoms with E-state index in [2.05, 4.69) is 39.1 Å². The minimum Gasteiger partial charge on any atom is -0.340 e. The molecule has 1 aliphatic heterocycles. The Labute approximate surface area is 178 Å². The number of hydrogen-bond donors (Lipinski definition) is 0. The van der Waals surface area contributed by atoms with Gasteiger partial charge in [-0.05, 0) is 18.9 Å². The van der Waals surface area contributed by atoms with Crippen molar-refractivity contribution in [3.63, 3.8) is 0 Å². The van der Waals surface area contributed by atoms with Crippen molar-refractivity contribution in [2.75, 3.05) is 32.7 Å². The van der Waals surface area contributed by atoms with E-state index in [0.29, 0.717) is 18.7 Å². The molecular weight excluding hydrogens is 378 g/mol. The van der Waals surface area contributed by atoms with Crippen molar-refractivity contribution < 1.29 is 9.59 Å². The third-order valence-corrected chi connectivity index (χ3v) is 5.71. The summed E-state index contributed by atoms with van der Waals surface area (Å²) in [5, 5.41) is 0. The number of carbonyl (C=O) groups excluding carboxylic acids is 2. The van der Waals surface area contributed by atoms with Crippen molar-refractivity contribution in [1.82, 2.24) is 24.7 Å². The summed E-state index contributed by atoms with van der Waals surface area (Å²) in [6, 6.07) is 10.4. The molecule has 7 nitrogen and oxygen atoms in total. The van der Waals surface area contributed by atoms with Crippen LogP contribution < -0.4 is 0 Å². The zero-order valence-corrected chi connectivity index (χ0v) is 17.9. The highest BCUT2D eigenvalue weighted by atomic mass is 16.2. The van der Waals surface area contributed by atoms with Gasteiger partial charge in [0.15, 0.2) is 0 Å². The van der Waals surface area contributed by atoms with E-state index in [4.69, 9.17) is 0 Å². The van der Waals surface area contributed by atoms with Crippen LogP contribution in [0.4, 0.5) is 0 Å². The largest absolute Gasteiger partial charge is 0.340 e. The lowest BCUT2D eigenvalue weighted by Gasteiger charge is -2.35. The standard InChI is InChI=1S/C23H31N5O2/c1-3-19(2)28(23(30)21-17-24-10-11-25-21)12-9-22(29)27-15-13-26(14-16-27)18-20-7-5-4-6-8-20/h4-8,10-11,17,19H,3,9,12-16,18H2,1-2H3. The van der Waals surface area contributed by atoms with Crippen molar-refractivity contribution in [1.29, 1.82) is 0 Å². The first-order valence-corrected chi connectivity index (χ1v) is 10.7. The lowest BCUT2D eigenvalue weighted by molar-refractivity contribution is -0.133. The Balaban J connectivity index is 1.50. The second-order valence-corrected chi connectivity index (χ2v) is 7.74. The molecule has 0 spiro atoms. The van der Waals surface area contributed by atoms with E-state index < -0.39 is 0 Å². The number of benzene rings is 1. The Morgan fingerprint density at radius 2 is 1.83 bits per heavy atom. The highest BCUT2D eigenvalue weighted by Gasteiger charge is 2.25. The lowest BCUT2D eigenvalue weighted by Crippen LogP contribution is -2.49. The van der Waals surface area contributed by atoms with Crippen LogP contribution in [0, 0.1) is 0 Å². The van der Waals surface area contributed by atoms with E-state index in [1.165, 1.54) is 18.0 Å². The number of carbonyl (C=O) groups is 2. The van der Waals surface area contributed by atoms with Crippen LogP contribution in [0.3, 0.4) is 0 Å². The molecule has 1 aromatic heterocycles. The average Bonchev–Trinajstić information content (AvgIpc) is 2.80. The van der Waals surface area contributed by atoms with E-state index in [1.807, 2.05) is 24.8 Å². The summed E-state index contributed by atoms with van der Waals surface area (Å²) < 4.78 is 0.